The molecule has 0 aliphatic rings. The summed E-state index contributed by atoms with van der Waals surface area (Å²) < 4.78 is 13.3. The molecule has 14 heavy (non-hydrogen) atoms. The molecule has 2 N–H and O–H groups in total. The van der Waals surface area contributed by atoms with Crippen molar-refractivity contribution in [1.29, 1.82) is 0 Å². The van der Waals surface area contributed by atoms with Gasteiger partial charge in [0.2, 0.25) is 0 Å². The minimum absolute atomic E-state index is 0.287. The van der Waals surface area contributed by atoms with Gasteiger partial charge in [0.1, 0.15) is 11.9 Å². The highest BCUT2D eigenvalue weighted by molar-refractivity contribution is 5.26. The lowest BCUT2D eigenvalue weighted by Gasteiger charge is -2.09. The van der Waals surface area contributed by atoms with Crippen molar-refractivity contribution < 1.29 is 9.50 Å². The van der Waals surface area contributed by atoms with Crippen LogP contribution in [0.1, 0.15) is 17.4 Å². The summed E-state index contributed by atoms with van der Waals surface area (Å²) in [6, 6.07) is 9.68. The van der Waals surface area contributed by atoms with E-state index in [1.54, 1.807) is 36.5 Å². The summed E-state index contributed by atoms with van der Waals surface area (Å²) in [4.78, 5) is 2.85. The Morgan fingerprint density at radius 2 is 1.93 bits per heavy atom. The molecule has 2 aromatic rings. The van der Waals surface area contributed by atoms with Crippen molar-refractivity contribution in [2.24, 2.45) is 0 Å². The summed E-state index contributed by atoms with van der Waals surface area (Å²) in [5.41, 5.74) is 0.880. The van der Waals surface area contributed by atoms with E-state index < -0.39 is 11.9 Å². The number of aromatic amines is 1. The van der Waals surface area contributed by atoms with E-state index in [9.17, 15) is 9.50 Å². The van der Waals surface area contributed by atoms with Crippen molar-refractivity contribution in [3.8, 4) is 0 Å². The first kappa shape index (κ1) is 8.97. The summed E-state index contributed by atoms with van der Waals surface area (Å²) in [5.74, 6) is -0.394. The Kier molecular flexibility index (Phi) is 2.33. The fraction of sp³-hybridized carbons (Fsp3) is 0.0909. The lowest BCUT2D eigenvalue weighted by Crippen LogP contribution is -2.02. The van der Waals surface area contributed by atoms with Crippen LogP contribution in [0.15, 0.2) is 42.6 Å². The van der Waals surface area contributed by atoms with Gasteiger partial charge in [-0.1, -0.05) is 18.2 Å². The topological polar surface area (TPSA) is 36.0 Å². The minimum atomic E-state index is -0.925. The zero-order chi connectivity index (χ0) is 9.97. The van der Waals surface area contributed by atoms with Gasteiger partial charge in [-0.3, -0.25) is 0 Å². The van der Waals surface area contributed by atoms with E-state index in [4.69, 9.17) is 0 Å². The van der Waals surface area contributed by atoms with Crippen molar-refractivity contribution in [3.63, 3.8) is 0 Å². The molecule has 2 nitrogen and oxygen atoms in total. The molecule has 72 valence electrons. The first-order valence-corrected chi connectivity index (χ1v) is 4.35. The molecule has 0 spiro atoms. The van der Waals surface area contributed by atoms with E-state index in [-0.39, 0.29) is 5.56 Å². The molecule has 0 aliphatic carbocycles. The van der Waals surface area contributed by atoms with Crippen LogP contribution in [0.4, 0.5) is 4.39 Å². The fourth-order valence-corrected chi connectivity index (χ4v) is 1.38. The molecule has 0 saturated heterocycles. The molecule has 0 saturated carbocycles. The first-order chi connectivity index (χ1) is 6.79. The number of hydrogen-bond acceptors (Lipinski definition) is 1. The molecule has 0 amide bonds. The zero-order valence-electron chi connectivity index (χ0n) is 7.44. The number of aliphatic hydroxyl groups excluding tert-OH is 1. The van der Waals surface area contributed by atoms with Gasteiger partial charge in [0.15, 0.2) is 0 Å². The van der Waals surface area contributed by atoms with Crippen LogP contribution in [-0.4, -0.2) is 10.1 Å². The summed E-state index contributed by atoms with van der Waals surface area (Å²) in [5, 5.41) is 9.79. The van der Waals surface area contributed by atoms with E-state index in [0.717, 1.165) is 0 Å². The second-order valence-electron chi connectivity index (χ2n) is 3.05. The van der Waals surface area contributed by atoms with Crippen LogP contribution in [0.25, 0.3) is 0 Å². The largest absolute Gasteiger partial charge is 0.382 e. The summed E-state index contributed by atoms with van der Waals surface area (Å²) in [6.07, 6.45) is 0.769. The summed E-state index contributed by atoms with van der Waals surface area (Å²) in [7, 11) is 0. The third-order valence-electron chi connectivity index (χ3n) is 2.12. The van der Waals surface area contributed by atoms with Crippen LogP contribution < -0.4 is 0 Å². The molecule has 1 heterocycles. The first-order valence-electron chi connectivity index (χ1n) is 4.35. The SMILES string of the molecule is OC(c1ccc[nH]1)c1ccccc1F. The molecule has 1 aromatic heterocycles. The number of aromatic nitrogens is 1. The molecule has 1 atom stereocenters. The van der Waals surface area contributed by atoms with Gasteiger partial charge in [-0.2, -0.15) is 0 Å². The number of halogens is 1. The van der Waals surface area contributed by atoms with Crippen molar-refractivity contribution in [2.75, 3.05) is 0 Å². The predicted octanol–water partition coefficient (Wildman–Crippen LogP) is 2.24. The van der Waals surface area contributed by atoms with Crippen LogP contribution in [0.3, 0.4) is 0 Å². The van der Waals surface area contributed by atoms with Crippen LogP contribution in [0.5, 0.6) is 0 Å². The maximum absolute atomic E-state index is 13.3. The average molecular weight is 191 g/mol. The van der Waals surface area contributed by atoms with E-state index in [2.05, 4.69) is 4.98 Å². The Labute approximate surface area is 81.0 Å². The van der Waals surface area contributed by atoms with Gasteiger partial charge in [0.25, 0.3) is 0 Å². The molecule has 3 heteroatoms. The smallest absolute Gasteiger partial charge is 0.129 e. The van der Waals surface area contributed by atoms with Gasteiger partial charge in [0.05, 0.1) is 0 Å². The lowest BCUT2D eigenvalue weighted by atomic mass is 10.1. The average Bonchev–Trinajstić information content (AvgIpc) is 2.70. The van der Waals surface area contributed by atoms with Gasteiger partial charge in [-0.25, -0.2) is 4.39 Å². The van der Waals surface area contributed by atoms with Gasteiger partial charge in [-0.05, 0) is 18.2 Å². The number of rotatable bonds is 2. The second-order valence-corrected chi connectivity index (χ2v) is 3.05. The zero-order valence-corrected chi connectivity index (χ0v) is 7.44. The number of H-pyrrole nitrogens is 1. The highest BCUT2D eigenvalue weighted by Gasteiger charge is 2.14. The molecular weight excluding hydrogens is 181 g/mol. The predicted molar refractivity (Wildman–Crippen MR) is 51.3 cm³/mol. The number of nitrogens with one attached hydrogen (secondary N) is 1. The standard InChI is InChI=1S/C11H10FNO/c12-9-5-2-1-4-8(9)11(14)10-6-3-7-13-10/h1-7,11,13-14H. The Morgan fingerprint density at radius 3 is 2.57 bits per heavy atom. The Morgan fingerprint density at radius 1 is 1.14 bits per heavy atom. The van der Waals surface area contributed by atoms with Crippen molar-refractivity contribution >= 4 is 0 Å². The van der Waals surface area contributed by atoms with E-state index >= 15 is 0 Å². The van der Waals surface area contributed by atoms with Crippen LogP contribution in [0, 0.1) is 5.82 Å². The number of aliphatic hydroxyl groups is 1. The van der Waals surface area contributed by atoms with Crippen molar-refractivity contribution in [1.82, 2.24) is 4.98 Å². The lowest BCUT2D eigenvalue weighted by molar-refractivity contribution is 0.210. The van der Waals surface area contributed by atoms with Crippen LogP contribution in [-0.2, 0) is 0 Å². The third kappa shape index (κ3) is 1.54. The fourth-order valence-electron chi connectivity index (χ4n) is 1.38. The van der Waals surface area contributed by atoms with Crippen molar-refractivity contribution in [2.45, 2.75) is 6.10 Å². The molecule has 0 radical (unpaired) electrons. The third-order valence-corrected chi connectivity index (χ3v) is 2.12. The van der Waals surface area contributed by atoms with Crippen LogP contribution >= 0.6 is 0 Å². The summed E-state index contributed by atoms with van der Waals surface area (Å²) >= 11 is 0. The highest BCUT2D eigenvalue weighted by atomic mass is 19.1. The van der Waals surface area contributed by atoms with Gasteiger partial charge < -0.3 is 10.1 Å². The molecule has 2 rings (SSSR count). The van der Waals surface area contributed by atoms with Crippen LogP contribution in [0.2, 0.25) is 0 Å². The van der Waals surface area contributed by atoms with E-state index in [1.807, 2.05) is 0 Å². The Balaban J connectivity index is 2.37. The maximum Gasteiger partial charge on any atom is 0.129 e. The molecule has 0 bridgehead atoms. The summed E-state index contributed by atoms with van der Waals surface area (Å²) in [6.45, 7) is 0. The molecule has 0 fully saturated rings. The normalized spacial score (nSPS) is 12.7. The van der Waals surface area contributed by atoms with Gasteiger partial charge in [-0.15, -0.1) is 0 Å². The van der Waals surface area contributed by atoms with E-state index in [1.165, 1.54) is 6.07 Å². The number of hydrogen-bond donors (Lipinski definition) is 2. The van der Waals surface area contributed by atoms with Gasteiger partial charge >= 0.3 is 0 Å². The minimum Gasteiger partial charge on any atom is -0.382 e. The highest BCUT2D eigenvalue weighted by Crippen LogP contribution is 2.22. The second kappa shape index (κ2) is 3.64. The quantitative estimate of drug-likeness (QED) is 0.750. The Hall–Kier alpha value is -1.61. The Bertz CT molecular complexity index is 411. The van der Waals surface area contributed by atoms with E-state index in [0.29, 0.717) is 5.69 Å². The molecule has 0 aliphatic heterocycles. The maximum atomic E-state index is 13.3. The molecular formula is C11H10FNO. The number of benzene rings is 1. The molecule has 1 aromatic carbocycles. The van der Waals surface area contributed by atoms with Gasteiger partial charge in [0, 0.05) is 17.5 Å². The van der Waals surface area contributed by atoms with Crippen molar-refractivity contribution in [3.05, 3.63) is 59.7 Å². The monoisotopic (exact) mass is 191 g/mol. The molecule has 1 unspecified atom stereocenters.